The van der Waals surface area contributed by atoms with E-state index in [2.05, 4.69) is 20.6 Å². The van der Waals surface area contributed by atoms with Crippen LogP contribution in [0.1, 0.15) is 102 Å². The lowest BCUT2D eigenvalue weighted by molar-refractivity contribution is -0.278. The maximum atomic E-state index is 13.9. The zero-order valence-corrected chi connectivity index (χ0v) is 39.0. The van der Waals surface area contributed by atoms with Crippen molar-refractivity contribution in [2.24, 2.45) is 11.3 Å². The van der Waals surface area contributed by atoms with Crippen LogP contribution in [0.15, 0.2) is 59.4 Å². The van der Waals surface area contributed by atoms with Gasteiger partial charge in [-0.2, -0.15) is 13.2 Å². The summed E-state index contributed by atoms with van der Waals surface area (Å²) >= 11 is 0. The zero-order valence-electron chi connectivity index (χ0n) is 39.0. The number of nitrogens with zero attached hydrogens (tertiary/aromatic N) is 3. The Labute approximate surface area is 390 Å². The van der Waals surface area contributed by atoms with E-state index < -0.39 is 76.9 Å². The first-order valence-electron chi connectivity index (χ1n) is 21.9. The first-order chi connectivity index (χ1) is 31.8. The van der Waals surface area contributed by atoms with E-state index in [1.165, 1.54) is 18.2 Å². The highest BCUT2D eigenvalue weighted by molar-refractivity contribution is 6.13. The summed E-state index contributed by atoms with van der Waals surface area (Å²) in [6.07, 6.45) is -2.30. The minimum absolute atomic E-state index is 0.00949. The largest absolute Gasteiger partial charge is 0.471 e. The molecule has 0 saturated carbocycles. The number of anilines is 2. The van der Waals surface area contributed by atoms with Crippen molar-refractivity contribution in [3.8, 4) is 0 Å². The number of aromatic amines is 1. The predicted octanol–water partition coefficient (Wildman–Crippen LogP) is 5.47. The van der Waals surface area contributed by atoms with Gasteiger partial charge in [0, 0.05) is 67.0 Å². The number of fused-ring (bicyclic) bond motifs is 1. The number of H-pyrrole nitrogens is 1. The molecule has 2 aromatic carbocycles. The van der Waals surface area contributed by atoms with Crippen LogP contribution in [-0.4, -0.2) is 107 Å². The fraction of sp³-hybridized carbons (Fsp3) is 0.489. The number of imide groups is 1. The number of amides is 5. The molecule has 21 heteroatoms. The Kier molecular flexibility index (Phi) is 18.6. The molecule has 368 valence electrons. The number of Topliss-reactive ketones (excluding diaryl/α,β-unsaturated/α-hetero) is 2. The Morgan fingerprint density at radius 2 is 1.41 bits per heavy atom. The molecule has 2 heterocycles. The van der Waals surface area contributed by atoms with Crippen LogP contribution in [0, 0.1) is 11.3 Å². The van der Waals surface area contributed by atoms with Crippen molar-refractivity contribution in [3.05, 3.63) is 76.1 Å². The molecule has 3 N–H and O–H groups in total. The second-order valence-electron chi connectivity index (χ2n) is 17.5. The average molecular weight is 955 g/mol. The number of hydrogen-bond donors (Lipinski definition) is 3. The van der Waals surface area contributed by atoms with Gasteiger partial charge in [0.25, 0.3) is 23.3 Å². The number of aromatic nitrogens is 2. The molecule has 0 fully saturated rings. The number of hydrogen-bond acceptors (Lipinski definition) is 13. The minimum atomic E-state index is -5.30. The van der Waals surface area contributed by atoms with Crippen LogP contribution in [0.3, 0.4) is 0 Å². The van der Waals surface area contributed by atoms with Crippen molar-refractivity contribution in [2.75, 3.05) is 37.1 Å². The first-order valence-corrected chi connectivity index (χ1v) is 21.9. The molecule has 1 unspecified atom stereocenters. The molecule has 0 saturated heterocycles. The Hall–Kier alpha value is -6.61. The normalized spacial score (nSPS) is 14.2. The smallest absolute Gasteiger partial charge is 0.467 e. The van der Waals surface area contributed by atoms with Crippen LogP contribution in [0.5, 0.6) is 0 Å². The van der Waals surface area contributed by atoms with E-state index in [0.29, 0.717) is 17.7 Å². The van der Waals surface area contributed by atoms with Crippen LogP contribution in [0.2, 0.25) is 0 Å². The maximum absolute atomic E-state index is 13.9. The van der Waals surface area contributed by atoms with Crippen molar-refractivity contribution in [1.29, 1.82) is 0 Å². The standard InChI is InChI=1S/C47H57F3N6O12/c1-28(2)39(61)53-44-52-35-18-12-29(26-34(35)41(63)54-44)27-56(43(65)47(48,49)50)31-15-13-30(14-16-31)40(62)51-36(42(64)66-7)19-17-32(57)10-8-24-67-46(6,45(3,4)5)68-25-9-11-33(58)22-23-55-37(59)20-21-38(55)60/h12-16,18,20-21,26,28,36H,8-11,17,19,22-25,27H2,1-7H3,(H,51,62)(H2,52,53,54,61,63)/t36-,46?/m0/s1. The summed E-state index contributed by atoms with van der Waals surface area (Å²) in [6.45, 7) is 10.4. The molecule has 0 bridgehead atoms. The average Bonchev–Trinajstić information content (AvgIpc) is 3.60. The summed E-state index contributed by atoms with van der Waals surface area (Å²) in [7, 11) is 1.10. The van der Waals surface area contributed by atoms with Gasteiger partial charge in [-0.15, -0.1) is 0 Å². The van der Waals surface area contributed by atoms with E-state index in [9.17, 15) is 56.3 Å². The molecule has 5 amide bonds. The fourth-order valence-electron chi connectivity index (χ4n) is 6.64. The molecule has 0 radical (unpaired) electrons. The summed E-state index contributed by atoms with van der Waals surface area (Å²) in [4.78, 5) is 120. The van der Waals surface area contributed by atoms with Gasteiger partial charge in [-0.1, -0.05) is 40.7 Å². The molecular weight excluding hydrogens is 898 g/mol. The molecule has 1 aliphatic heterocycles. The summed E-state index contributed by atoms with van der Waals surface area (Å²) in [5.41, 5.74) is -1.26. The molecule has 2 atom stereocenters. The molecule has 0 aliphatic carbocycles. The quantitative estimate of drug-likeness (QED) is 0.0437. The van der Waals surface area contributed by atoms with Crippen molar-refractivity contribution in [2.45, 2.75) is 111 Å². The highest BCUT2D eigenvalue weighted by Crippen LogP contribution is 2.35. The van der Waals surface area contributed by atoms with Gasteiger partial charge in [0.1, 0.15) is 17.6 Å². The molecule has 3 aromatic rings. The molecular formula is C47H57F3N6O12. The van der Waals surface area contributed by atoms with Crippen LogP contribution in [-0.2, 0) is 54.3 Å². The summed E-state index contributed by atoms with van der Waals surface area (Å²) in [5, 5.41) is 4.96. The summed E-state index contributed by atoms with van der Waals surface area (Å²) in [5.74, 6) is -7.17. The summed E-state index contributed by atoms with van der Waals surface area (Å²) in [6, 6.07) is 7.26. The van der Waals surface area contributed by atoms with Crippen molar-refractivity contribution < 1.29 is 65.7 Å². The topological polar surface area (TPSA) is 241 Å². The number of halogens is 3. The van der Waals surface area contributed by atoms with Gasteiger partial charge in [0.05, 0.1) is 37.8 Å². The number of ether oxygens (including phenoxy) is 3. The molecule has 0 spiro atoms. The van der Waals surface area contributed by atoms with Gasteiger partial charge in [-0.05, 0) is 68.1 Å². The number of nitrogens with one attached hydrogen (secondary N) is 3. The maximum Gasteiger partial charge on any atom is 0.471 e. The Balaban J connectivity index is 1.30. The number of methoxy groups -OCH3 is 1. The van der Waals surface area contributed by atoms with E-state index in [1.807, 2.05) is 20.8 Å². The Morgan fingerprint density at radius 1 is 0.824 bits per heavy atom. The van der Waals surface area contributed by atoms with Gasteiger partial charge in [-0.25, -0.2) is 9.78 Å². The highest BCUT2D eigenvalue weighted by atomic mass is 19.4. The lowest BCUT2D eigenvalue weighted by Gasteiger charge is -2.41. The SMILES string of the molecule is COC(=O)[C@H](CCC(=O)CCCOC(C)(OCCCC(=O)CCN1C(=O)C=CC1=O)C(C)(C)C)NC(=O)c1ccc(N(Cc2ccc3nc(NC(=O)C(C)C)[nH]c(=O)c3c2)C(=O)C(F)(F)F)cc1. The number of benzene rings is 2. The van der Waals surface area contributed by atoms with Gasteiger partial charge in [0.15, 0.2) is 5.79 Å². The Bertz CT molecular complexity index is 2450. The van der Waals surface area contributed by atoms with Crippen molar-refractivity contribution in [1.82, 2.24) is 20.2 Å². The lowest BCUT2D eigenvalue weighted by Crippen LogP contribution is -2.45. The third kappa shape index (κ3) is 14.9. The van der Waals surface area contributed by atoms with Crippen molar-refractivity contribution >= 4 is 69.6 Å². The van der Waals surface area contributed by atoms with Crippen LogP contribution < -0.4 is 21.1 Å². The number of alkyl halides is 3. The lowest BCUT2D eigenvalue weighted by atomic mass is 9.86. The number of ketones is 2. The van der Waals surface area contributed by atoms with Crippen LogP contribution >= 0.6 is 0 Å². The Morgan fingerprint density at radius 3 is 1.96 bits per heavy atom. The molecule has 1 aromatic heterocycles. The zero-order chi connectivity index (χ0) is 50.6. The highest BCUT2D eigenvalue weighted by Gasteiger charge is 2.43. The van der Waals surface area contributed by atoms with E-state index in [4.69, 9.17) is 14.2 Å². The third-order valence-corrected chi connectivity index (χ3v) is 11.1. The van der Waals surface area contributed by atoms with E-state index >= 15 is 0 Å². The van der Waals surface area contributed by atoms with Gasteiger partial charge in [-0.3, -0.25) is 53.6 Å². The van der Waals surface area contributed by atoms with E-state index in [0.717, 1.165) is 48.4 Å². The third-order valence-electron chi connectivity index (χ3n) is 11.1. The van der Waals surface area contributed by atoms with Gasteiger partial charge in [0.2, 0.25) is 11.9 Å². The summed E-state index contributed by atoms with van der Waals surface area (Å²) < 4.78 is 58.6. The predicted molar refractivity (Wildman–Crippen MR) is 241 cm³/mol. The second-order valence-corrected chi connectivity index (χ2v) is 17.5. The van der Waals surface area contributed by atoms with Gasteiger partial charge >= 0.3 is 18.1 Å². The monoisotopic (exact) mass is 954 g/mol. The minimum Gasteiger partial charge on any atom is -0.467 e. The number of rotatable bonds is 24. The molecule has 18 nitrogen and oxygen atoms in total. The second kappa shape index (κ2) is 23.4. The van der Waals surface area contributed by atoms with Crippen LogP contribution in [0.25, 0.3) is 10.9 Å². The molecule has 4 rings (SSSR count). The number of carbonyl (C=O) groups excluding carboxylic acids is 8. The number of carbonyl (C=O) groups is 8. The van der Waals surface area contributed by atoms with Gasteiger partial charge < -0.3 is 24.4 Å². The molecule has 1 aliphatic rings. The van der Waals surface area contributed by atoms with E-state index in [1.54, 1.807) is 20.8 Å². The van der Waals surface area contributed by atoms with E-state index in [-0.39, 0.29) is 97.1 Å². The van der Waals surface area contributed by atoms with Crippen LogP contribution in [0.4, 0.5) is 24.8 Å². The molecule has 68 heavy (non-hydrogen) atoms. The van der Waals surface area contributed by atoms with Crippen molar-refractivity contribution in [3.63, 3.8) is 0 Å². The fourth-order valence-corrected chi connectivity index (χ4v) is 6.64. The first kappa shape index (κ1) is 54.0. The number of esters is 1.